The zero-order valence-corrected chi connectivity index (χ0v) is 17.9. The van der Waals surface area contributed by atoms with Gasteiger partial charge < -0.3 is 0 Å². The summed E-state index contributed by atoms with van der Waals surface area (Å²) >= 11 is 0. The summed E-state index contributed by atoms with van der Waals surface area (Å²) in [5, 5.41) is 0. The van der Waals surface area contributed by atoms with E-state index in [0.29, 0.717) is 12.1 Å². The molecule has 1 heterocycles. The topological polar surface area (TPSA) is 29.5 Å². The number of rotatable bonds is 3. The normalized spacial score (nSPS) is 16.8. The first-order valence-corrected chi connectivity index (χ1v) is 10.1. The third-order valence-corrected chi connectivity index (χ3v) is 5.33. The van der Waals surface area contributed by atoms with Gasteiger partial charge in [0.1, 0.15) is 12.4 Å². The molecule has 0 fully saturated rings. The predicted octanol–water partition coefficient (Wildman–Crippen LogP) is 6.47. The van der Waals surface area contributed by atoms with E-state index >= 15 is 0 Å². The number of halogens is 10. The fourth-order valence-corrected chi connectivity index (χ4v) is 3.79. The zero-order chi connectivity index (χ0) is 26.9. The van der Waals surface area contributed by atoms with Gasteiger partial charge in [0.25, 0.3) is 0 Å². The molecule has 3 rings (SSSR count). The summed E-state index contributed by atoms with van der Waals surface area (Å²) in [4.78, 5) is 14.2. The Morgan fingerprint density at radius 3 is 2.22 bits per heavy atom. The van der Waals surface area contributed by atoms with Crippen LogP contribution in [-0.4, -0.2) is 25.4 Å². The first-order valence-electron chi connectivity index (χ1n) is 10.1. The second kappa shape index (κ2) is 10.0. The third kappa shape index (κ3) is 6.48. The van der Waals surface area contributed by atoms with Gasteiger partial charge in [-0.3, -0.25) is 14.4 Å². The molecule has 0 saturated heterocycles. The lowest BCUT2D eigenvalue weighted by molar-refractivity contribution is -0.318. The summed E-state index contributed by atoms with van der Waals surface area (Å²) < 4.78 is 134. The Morgan fingerprint density at radius 1 is 0.917 bits per heavy atom. The summed E-state index contributed by atoms with van der Waals surface area (Å²) in [6, 6.07) is 4.09. The fraction of sp³-hybridized carbons (Fsp3) is 0.348. The van der Waals surface area contributed by atoms with Crippen molar-refractivity contribution in [3.63, 3.8) is 0 Å². The van der Waals surface area contributed by atoms with Gasteiger partial charge in [0, 0.05) is 5.69 Å². The molecule has 0 spiro atoms. The molecule has 0 aliphatic carbocycles. The molecule has 3 nitrogen and oxygen atoms in total. The molecule has 0 saturated carbocycles. The molecule has 0 radical (unpaired) electrons. The van der Waals surface area contributed by atoms with Gasteiger partial charge in [-0.05, 0) is 54.3 Å². The van der Waals surface area contributed by atoms with Gasteiger partial charge in [-0.1, -0.05) is 17.9 Å². The number of ether oxygens (including phenoxy) is 1. The molecular formula is C23H15F10NO2. The van der Waals surface area contributed by atoms with Crippen LogP contribution in [0.4, 0.5) is 49.6 Å². The highest BCUT2D eigenvalue weighted by atomic mass is 19.4. The van der Waals surface area contributed by atoms with E-state index in [1.807, 2.05) is 5.92 Å². The average molecular weight is 527 g/mol. The number of carbonyl (C=O) groups excluding carboxylic acids is 1. The van der Waals surface area contributed by atoms with Crippen molar-refractivity contribution in [2.24, 2.45) is 0 Å². The molecule has 1 amide bonds. The summed E-state index contributed by atoms with van der Waals surface area (Å²) in [7, 11) is 0. The van der Waals surface area contributed by atoms with Gasteiger partial charge in [0.15, 0.2) is 0 Å². The second-order valence-electron chi connectivity index (χ2n) is 7.67. The molecule has 194 valence electrons. The van der Waals surface area contributed by atoms with Gasteiger partial charge in [-0.15, -0.1) is 13.2 Å². The molecule has 0 bridgehead atoms. The SMILES string of the molecule is O=C1C(c2ccc(C(F)(F)F)cc2C(F)(F)F)CCc2cc(F)ccc2N1CC#CCOC(F)(F)F. The van der Waals surface area contributed by atoms with Gasteiger partial charge in [0.05, 0.1) is 23.6 Å². The van der Waals surface area contributed by atoms with E-state index in [9.17, 15) is 48.7 Å². The van der Waals surface area contributed by atoms with Crippen LogP contribution >= 0.6 is 0 Å². The number of anilines is 1. The number of alkyl halides is 9. The smallest absolute Gasteiger partial charge is 0.300 e. The van der Waals surface area contributed by atoms with Crippen LogP contribution in [0.3, 0.4) is 0 Å². The highest BCUT2D eigenvalue weighted by Crippen LogP contribution is 2.42. The molecule has 1 atom stereocenters. The van der Waals surface area contributed by atoms with E-state index in [2.05, 4.69) is 10.7 Å². The number of hydrogen-bond acceptors (Lipinski definition) is 2. The highest BCUT2D eigenvalue weighted by molar-refractivity contribution is 6.00. The third-order valence-electron chi connectivity index (χ3n) is 5.33. The van der Waals surface area contributed by atoms with E-state index in [1.54, 1.807) is 0 Å². The molecule has 2 aromatic rings. The number of aryl methyl sites for hydroxylation is 1. The maximum absolute atomic E-state index is 13.8. The molecular weight excluding hydrogens is 512 g/mol. The van der Waals surface area contributed by atoms with Crippen LogP contribution in [0.5, 0.6) is 0 Å². The van der Waals surface area contributed by atoms with E-state index in [1.165, 1.54) is 0 Å². The van der Waals surface area contributed by atoms with E-state index in [4.69, 9.17) is 0 Å². The summed E-state index contributed by atoms with van der Waals surface area (Å²) in [5.41, 5.74) is -3.66. The number of benzene rings is 2. The van der Waals surface area contributed by atoms with Gasteiger partial charge >= 0.3 is 18.7 Å². The Morgan fingerprint density at radius 2 is 1.61 bits per heavy atom. The van der Waals surface area contributed by atoms with Crippen molar-refractivity contribution in [2.45, 2.75) is 37.5 Å². The first kappa shape index (κ1) is 27.3. The largest absolute Gasteiger partial charge is 0.523 e. The molecule has 13 heteroatoms. The minimum Gasteiger partial charge on any atom is -0.300 e. The minimum absolute atomic E-state index is 0.0652. The fourth-order valence-electron chi connectivity index (χ4n) is 3.79. The molecule has 1 aliphatic heterocycles. The Bertz CT molecular complexity index is 1190. The van der Waals surface area contributed by atoms with Crippen molar-refractivity contribution >= 4 is 11.6 Å². The predicted molar refractivity (Wildman–Crippen MR) is 106 cm³/mol. The van der Waals surface area contributed by atoms with Crippen molar-refractivity contribution < 1.29 is 53.4 Å². The second-order valence-corrected chi connectivity index (χ2v) is 7.67. The van der Waals surface area contributed by atoms with E-state index < -0.39 is 66.2 Å². The van der Waals surface area contributed by atoms with Gasteiger partial charge in [-0.2, -0.15) is 26.3 Å². The first-order chi connectivity index (χ1) is 16.6. The molecule has 0 aromatic heterocycles. The summed E-state index contributed by atoms with van der Waals surface area (Å²) in [5.74, 6) is 0.982. The van der Waals surface area contributed by atoms with Crippen molar-refractivity contribution in [1.82, 2.24) is 0 Å². The van der Waals surface area contributed by atoms with Crippen LogP contribution in [0.2, 0.25) is 0 Å². The minimum atomic E-state index is -5.23. The maximum atomic E-state index is 13.8. The lowest BCUT2D eigenvalue weighted by Crippen LogP contribution is -2.35. The zero-order valence-electron chi connectivity index (χ0n) is 17.9. The number of amides is 1. The number of fused-ring (bicyclic) bond motifs is 1. The Balaban J connectivity index is 2.04. The van der Waals surface area contributed by atoms with Crippen LogP contribution in [0.15, 0.2) is 36.4 Å². The Labute approximate surface area is 197 Å². The quantitative estimate of drug-likeness (QED) is 0.339. The Kier molecular flexibility index (Phi) is 7.59. The molecule has 2 aromatic carbocycles. The van der Waals surface area contributed by atoms with E-state index in [-0.39, 0.29) is 30.2 Å². The molecule has 1 unspecified atom stereocenters. The van der Waals surface area contributed by atoms with Crippen molar-refractivity contribution in [3.05, 3.63) is 64.5 Å². The van der Waals surface area contributed by atoms with Crippen LogP contribution in [0.1, 0.15) is 34.6 Å². The summed E-state index contributed by atoms with van der Waals surface area (Å²) in [6.45, 7) is -1.67. The van der Waals surface area contributed by atoms with Crippen LogP contribution in [-0.2, 0) is 28.3 Å². The highest BCUT2D eigenvalue weighted by Gasteiger charge is 2.42. The monoisotopic (exact) mass is 527 g/mol. The van der Waals surface area contributed by atoms with Gasteiger partial charge in [-0.25, -0.2) is 4.39 Å². The number of carbonyl (C=O) groups is 1. The van der Waals surface area contributed by atoms with E-state index in [0.717, 1.165) is 23.1 Å². The maximum Gasteiger partial charge on any atom is 0.523 e. The van der Waals surface area contributed by atoms with Gasteiger partial charge in [0.2, 0.25) is 5.91 Å². The lowest BCUT2D eigenvalue weighted by atomic mass is 9.88. The van der Waals surface area contributed by atoms with Crippen LogP contribution < -0.4 is 4.90 Å². The van der Waals surface area contributed by atoms with Crippen molar-refractivity contribution in [2.75, 3.05) is 18.1 Å². The van der Waals surface area contributed by atoms with Crippen LogP contribution in [0.25, 0.3) is 0 Å². The van der Waals surface area contributed by atoms with Crippen molar-refractivity contribution in [3.8, 4) is 11.8 Å². The Hall–Kier alpha value is -3.27. The lowest BCUT2D eigenvalue weighted by Gasteiger charge is -2.26. The molecule has 1 aliphatic rings. The average Bonchev–Trinajstić information content (AvgIpc) is 2.87. The molecule has 36 heavy (non-hydrogen) atoms. The number of hydrogen-bond donors (Lipinski definition) is 0. The van der Waals surface area contributed by atoms with Crippen molar-refractivity contribution in [1.29, 1.82) is 0 Å². The standard InChI is InChI=1S/C23H15F10NO2/c24-15-5-8-19-13(11-15)3-6-17(20(35)34(19)9-1-2-10-36-23(31,32)33)16-7-4-14(21(25,26)27)12-18(16)22(28,29)30/h4-5,7-8,11-12,17H,3,6,9-10H2. The number of nitrogens with zero attached hydrogens (tertiary/aromatic N) is 1. The molecule has 0 N–H and O–H groups in total. The summed E-state index contributed by atoms with van der Waals surface area (Å²) in [6.07, 6.45) is -15.7. The van der Waals surface area contributed by atoms with Crippen LogP contribution in [0, 0.1) is 17.7 Å².